The first-order chi connectivity index (χ1) is 4.84. The summed E-state index contributed by atoms with van der Waals surface area (Å²) < 4.78 is 0. The van der Waals surface area contributed by atoms with Gasteiger partial charge in [0.15, 0.2) is 0 Å². The van der Waals surface area contributed by atoms with Crippen LogP contribution in [0.15, 0.2) is 11.6 Å². The van der Waals surface area contributed by atoms with Crippen LogP contribution in [-0.4, -0.2) is 0 Å². The second-order valence-electron chi connectivity index (χ2n) is 5.29. The van der Waals surface area contributed by atoms with Gasteiger partial charge in [-0.25, -0.2) is 0 Å². The zero-order valence-electron chi connectivity index (χ0n) is 8.49. The van der Waals surface area contributed by atoms with E-state index in [1.807, 2.05) is 0 Å². The summed E-state index contributed by atoms with van der Waals surface area (Å²) in [4.78, 5) is 0. The van der Waals surface area contributed by atoms with E-state index in [9.17, 15) is 0 Å². The maximum Gasteiger partial charge on any atom is -0.0137 e. The first-order valence-electron chi connectivity index (χ1n) is 4.55. The van der Waals surface area contributed by atoms with Crippen molar-refractivity contribution in [3.05, 3.63) is 11.6 Å². The summed E-state index contributed by atoms with van der Waals surface area (Å²) in [6.45, 7) is 11.7. The minimum Gasteiger partial charge on any atom is -0.0842 e. The van der Waals surface area contributed by atoms with Gasteiger partial charge in [-0.1, -0.05) is 53.7 Å². The maximum atomic E-state index is 2.43. The summed E-state index contributed by atoms with van der Waals surface area (Å²) in [6.07, 6.45) is 5.04. The summed E-state index contributed by atoms with van der Waals surface area (Å²) in [5.41, 5.74) is 2.48. The molecule has 1 rings (SSSR count). The topological polar surface area (TPSA) is 0 Å². The van der Waals surface area contributed by atoms with E-state index < -0.39 is 0 Å². The van der Waals surface area contributed by atoms with Crippen LogP contribution in [0, 0.1) is 10.8 Å². The van der Waals surface area contributed by atoms with E-state index >= 15 is 0 Å². The van der Waals surface area contributed by atoms with E-state index in [-0.39, 0.29) is 7.43 Å². The average molecular weight is 168 g/mol. The Hall–Kier alpha value is -0.260. The molecule has 1 aliphatic carbocycles. The molecule has 0 amide bonds. The highest BCUT2D eigenvalue weighted by Crippen LogP contribution is 2.46. The van der Waals surface area contributed by atoms with Crippen LogP contribution in [0.3, 0.4) is 0 Å². The molecule has 0 bridgehead atoms. The van der Waals surface area contributed by atoms with E-state index in [0.29, 0.717) is 10.8 Å². The van der Waals surface area contributed by atoms with Gasteiger partial charge in [0, 0.05) is 0 Å². The number of hydrogen-bond acceptors (Lipinski definition) is 0. The molecule has 0 aromatic heterocycles. The van der Waals surface area contributed by atoms with Crippen molar-refractivity contribution in [1.82, 2.24) is 0 Å². The van der Waals surface area contributed by atoms with Gasteiger partial charge < -0.3 is 0 Å². The van der Waals surface area contributed by atoms with Gasteiger partial charge in [-0.05, 0) is 23.7 Å². The summed E-state index contributed by atoms with van der Waals surface area (Å²) in [5, 5.41) is 0. The Bertz CT molecular complexity index is 177. The van der Waals surface area contributed by atoms with Crippen LogP contribution in [0.4, 0.5) is 0 Å². The predicted molar refractivity (Wildman–Crippen MR) is 57.3 cm³/mol. The molecule has 0 unspecified atom stereocenters. The van der Waals surface area contributed by atoms with Crippen LogP contribution in [0.1, 0.15) is 54.9 Å². The fourth-order valence-corrected chi connectivity index (χ4v) is 2.31. The van der Waals surface area contributed by atoms with Gasteiger partial charge in [0.05, 0.1) is 0 Å². The van der Waals surface area contributed by atoms with Gasteiger partial charge >= 0.3 is 0 Å². The molecule has 72 valence electrons. The van der Waals surface area contributed by atoms with Gasteiger partial charge in [0.2, 0.25) is 0 Å². The lowest BCUT2D eigenvalue weighted by Gasteiger charge is -2.32. The van der Waals surface area contributed by atoms with Gasteiger partial charge in [-0.3, -0.25) is 0 Å². The SMILES string of the molecule is C.CC(C)(C)C1=CCCC1(C)C. The molecule has 0 aromatic carbocycles. The highest BCUT2D eigenvalue weighted by atomic mass is 14.4. The van der Waals surface area contributed by atoms with E-state index in [1.165, 1.54) is 12.8 Å². The molecule has 0 fully saturated rings. The highest BCUT2D eigenvalue weighted by Gasteiger charge is 2.34. The molecule has 12 heavy (non-hydrogen) atoms. The molecule has 0 atom stereocenters. The van der Waals surface area contributed by atoms with Gasteiger partial charge in [-0.2, -0.15) is 0 Å². The van der Waals surface area contributed by atoms with E-state index in [4.69, 9.17) is 0 Å². The number of hydrogen-bond donors (Lipinski definition) is 0. The van der Waals surface area contributed by atoms with Crippen molar-refractivity contribution in [2.75, 3.05) is 0 Å². The van der Waals surface area contributed by atoms with Crippen molar-refractivity contribution in [3.63, 3.8) is 0 Å². The fraction of sp³-hybridized carbons (Fsp3) is 0.833. The van der Waals surface area contributed by atoms with Crippen molar-refractivity contribution >= 4 is 0 Å². The minimum atomic E-state index is 0. The second-order valence-corrected chi connectivity index (χ2v) is 5.29. The number of allylic oxidation sites excluding steroid dienone is 2. The summed E-state index contributed by atoms with van der Waals surface area (Å²) in [6, 6.07) is 0. The molecule has 0 aromatic rings. The first kappa shape index (κ1) is 11.7. The maximum absolute atomic E-state index is 2.43. The quantitative estimate of drug-likeness (QED) is 0.470. The molecular weight excluding hydrogens is 144 g/mol. The van der Waals surface area contributed by atoms with Crippen molar-refractivity contribution in [3.8, 4) is 0 Å². The van der Waals surface area contributed by atoms with Crippen molar-refractivity contribution in [1.29, 1.82) is 0 Å². The largest absolute Gasteiger partial charge is 0.0842 e. The van der Waals surface area contributed by atoms with Gasteiger partial charge in [0.25, 0.3) is 0 Å². The van der Waals surface area contributed by atoms with E-state index in [1.54, 1.807) is 5.57 Å². The Morgan fingerprint density at radius 3 is 1.92 bits per heavy atom. The molecule has 0 spiro atoms. The average Bonchev–Trinajstić information content (AvgIpc) is 2.06. The monoisotopic (exact) mass is 168 g/mol. The minimum absolute atomic E-state index is 0. The Morgan fingerprint density at radius 1 is 1.25 bits per heavy atom. The number of rotatable bonds is 0. The normalized spacial score (nSPS) is 21.6. The highest BCUT2D eigenvalue weighted by molar-refractivity contribution is 5.23. The van der Waals surface area contributed by atoms with Crippen LogP contribution in [0.25, 0.3) is 0 Å². The third-order valence-corrected chi connectivity index (χ3v) is 2.65. The lowest BCUT2D eigenvalue weighted by Crippen LogP contribution is -2.21. The van der Waals surface area contributed by atoms with Crippen LogP contribution in [0.2, 0.25) is 0 Å². The Labute approximate surface area is 78.1 Å². The van der Waals surface area contributed by atoms with Crippen LogP contribution >= 0.6 is 0 Å². The third kappa shape index (κ3) is 2.12. The molecule has 0 aliphatic heterocycles. The van der Waals surface area contributed by atoms with Crippen LogP contribution in [0.5, 0.6) is 0 Å². The van der Waals surface area contributed by atoms with E-state index in [0.717, 1.165) is 0 Å². The molecule has 0 heteroatoms. The molecule has 1 aliphatic rings. The third-order valence-electron chi connectivity index (χ3n) is 2.65. The zero-order valence-corrected chi connectivity index (χ0v) is 8.49. The lowest BCUT2D eigenvalue weighted by atomic mass is 9.73. The molecule has 0 saturated carbocycles. The standard InChI is InChI=1S/C11H20.CH4/c1-10(2,3)9-7-6-8-11(9,4)5;/h7H,6,8H2,1-5H3;1H4. The zero-order chi connectivity index (χ0) is 8.70. The molecular formula is C12H24. The predicted octanol–water partition coefficient (Wildman–Crippen LogP) is 4.42. The molecule has 0 radical (unpaired) electrons. The van der Waals surface area contributed by atoms with Gasteiger partial charge in [-0.15, -0.1) is 0 Å². The van der Waals surface area contributed by atoms with Crippen molar-refractivity contribution in [2.45, 2.75) is 54.9 Å². The summed E-state index contributed by atoms with van der Waals surface area (Å²) in [5.74, 6) is 0. The summed E-state index contributed by atoms with van der Waals surface area (Å²) >= 11 is 0. The molecule has 0 heterocycles. The molecule has 0 N–H and O–H groups in total. The second kappa shape index (κ2) is 3.24. The van der Waals surface area contributed by atoms with Crippen LogP contribution < -0.4 is 0 Å². The molecule has 0 nitrogen and oxygen atoms in total. The van der Waals surface area contributed by atoms with Crippen LogP contribution in [-0.2, 0) is 0 Å². The Morgan fingerprint density at radius 2 is 1.75 bits per heavy atom. The Kier molecular flexibility index (Phi) is 3.17. The summed E-state index contributed by atoms with van der Waals surface area (Å²) in [7, 11) is 0. The lowest BCUT2D eigenvalue weighted by molar-refractivity contribution is 0.343. The molecule has 0 saturated heterocycles. The first-order valence-corrected chi connectivity index (χ1v) is 4.55. The fourth-order valence-electron chi connectivity index (χ4n) is 2.31. The van der Waals surface area contributed by atoms with Crippen molar-refractivity contribution < 1.29 is 0 Å². The Balaban J connectivity index is 0.00000121. The smallest absolute Gasteiger partial charge is 0.0137 e. The van der Waals surface area contributed by atoms with Crippen molar-refractivity contribution in [2.24, 2.45) is 10.8 Å². The van der Waals surface area contributed by atoms with E-state index in [2.05, 4.69) is 40.7 Å². The van der Waals surface area contributed by atoms with Gasteiger partial charge in [0.1, 0.15) is 0 Å².